The van der Waals surface area contributed by atoms with E-state index in [-0.39, 0.29) is 35.4 Å². The molecule has 3 atom stereocenters. The zero-order valence-corrected chi connectivity index (χ0v) is 23.1. The molecular formula is C28H28ClF2N5O5. The number of fused-ring (bicyclic) bond motifs is 4. The summed E-state index contributed by atoms with van der Waals surface area (Å²) >= 11 is 5.84. The third-order valence-corrected chi connectivity index (χ3v) is 7.65. The summed E-state index contributed by atoms with van der Waals surface area (Å²) < 4.78 is 39.3. The maximum atomic E-state index is 14.6. The van der Waals surface area contributed by atoms with Gasteiger partial charge in [0.2, 0.25) is 5.91 Å². The van der Waals surface area contributed by atoms with Crippen LogP contribution in [0.1, 0.15) is 56.1 Å². The van der Waals surface area contributed by atoms with Gasteiger partial charge in [-0.3, -0.25) is 15.0 Å². The predicted octanol–water partition coefficient (Wildman–Crippen LogP) is 6.57. The molecule has 0 radical (unpaired) electrons. The summed E-state index contributed by atoms with van der Waals surface area (Å²) in [6, 6.07) is 6.62. The van der Waals surface area contributed by atoms with Crippen molar-refractivity contribution in [3.8, 4) is 11.3 Å². The number of hydrogen-bond donors (Lipinski definition) is 3. The van der Waals surface area contributed by atoms with Crippen molar-refractivity contribution in [3.63, 3.8) is 0 Å². The van der Waals surface area contributed by atoms with Gasteiger partial charge in [0.25, 0.3) is 0 Å². The second-order valence-electron chi connectivity index (χ2n) is 10.0. The highest BCUT2D eigenvalue weighted by Crippen LogP contribution is 2.38. The van der Waals surface area contributed by atoms with Gasteiger partial charge in [0, 0.05) is 30.1 Å². The van der Waals surface area contributed by atoms with Gasteiger partial charge in [0.1, 0.15) is 17.7 Å². The number of benzene rings is 2. The number of hydrogen-bond acceptors (Lipinski definition) is 6. The summed E-state index contributed by atoms with van der Waals surface area (Å²) in [6.45, 7) is 1.97. The van der Waals surface area contributed by atoms with Crippen molar-refractivity contribution in [2.45, 2.75) is 44.8 Å². The molecule has 216 valence electrons. The van der Waals surface area contributed by atoms with Crippen LogP contribution < -0.4 is 10.6 Å². The zero-order valence-electron chi connectivity index (χ0n) is 22.3. The number of methoxy groups -OCH3 is 1. The maximum absolute atomic E-state index is 14.6. The number of rotatable bonds is 3. The maximum Gasteiger partial charge on any atom is 0.411 e. The number of carbonyl (C=O) groups is 3. The first kappa shape index (κ1) is 28.3. The second kappa shape index (κ2) is 11.7. The highest BCUT2D eigenvalue weighted by Gasteiger charge is 2.37. The Labute approximate surface area is 239 Å². The number of H-pyrrole nitrogens is 1. The average Bonchev–Trinajstić information content (AvgIpc) is 3.43. The van der Waals surface area contributed by atoms with Gasteiger partial charge < -0.3 is 19.8 Å². The molecule has 13 heteroatoms. The quantitative estimate of drug-likeness (QED) is 0.298. The highest BCUT2D eigenvalue weighted by molar-refractivity contribution is 6.30. The van der Waals surface area contributed by atoms with Gasteiger partial charge in [-0.2, -0.15) is 0 Å². The lowest BCUT2D eigenvalue weighted by Gasteiger charge is -2.36. The minimum atomic E-state index is -1.13. The van der Waals surface area contributed by atoms with E-state index in [0.29, 0.717) is 47.7 Å². The van der Waals surface area contributed by atoms with Gasteiger partial charge in [-0.15, -0.1) is 0 Å². The molecule has 2 aliphatic heterocycles. The van der Waals surface area contributed by atoms with Gasteiger partial charge in [-0.25, -0.2) is 23.4 Å². The molecule has 0 spiro atoms. The lowest BCUT2D eigenvalue weighted by atomic mass is 9.98. The van der Waals surface area contributed by atoms with Crippen LogP contribution in [0.5, 0.6) is 0 Å². The third-order valence-electron chi connectivity index (χ3n) is 7.36. The standard InChI is InChI=1S/C28H28ClF2N5O5/c1-14-4-3-5-21(36-11-10-22(41-28(36)39)23-18(30)9-8-17(29)24(23)31)25-32-13-20(34-25)16-7-6-15(33-27(38)40-2)12-19(16)35-26(14)37/h6-9,12-14,21-22H,3-5,10-11H2,1-2H3,(H,32,34)(H,33,38)(H,35,37). The molecule has 2 aromatic carbocycles. The molecule has 3 aromatic rings. The molecule has 0 aliphatic carbocycles. The van der Waals surface area contributed by atoms with Crippen LogP contribution in [0.2, 0.25) is 5.02 Å². The van der Waals surface area contributed by atoms with E-state index in [9.17, 15) is 23.2 Å². The van der Waals surface area contributed by atoms with Crippen molar-refractivity contribution in [3.05, 3.63) is 64.6 Å². The number of ether oxygens (including phenoxy) is 2. The van der Waals surface area contributed by atoms with E-state index in [1.807, 2.05) is 6.92 Å². The molecule has 5 rings (SSSR count). The molecule has 1 aromatic heterocycles. The number of aromatic nitrogens is 2. The van der Waals surface area contributed by atoms with Crippen molar-refractivity contribution < 1.29 is 32.6 Å². The SMILES string of the molecule is COC(=O)Nc1ccc2c(c1)NC(=O)C(C)CCCC(N1CCC(c3c(F)ccc(Cl)c3F)OC1=O)c1ncc-2[nH]1. The van der Waals surface area contributed by atoms with Crippen LogP contribution in [0.15, 0.2) is 36.5 Å². The first-order valence-corrected chi connectivity index (χ1v) is 13.5. The summed E-state index contributed by atoms with van der Waals surface area (Å²) in [5, 5.41) is 5.27. The Kier molecular flexibility index (Phi) is 8.11. The molecule has 3 unspecified atom stereocenters. The fraction of sp³-hybridized carbons (Fsp3) is 0.357. The number of cyclic esters (lactones) is 1. The fourth-order valence-corrected chi connectivity index (χ4v) is 5.30. The van der Waals surface area contributed by atoms with Crippen molar-refractivity contribution >= 4 is 41.1 Å². The first-order chi connectivity index (χ1) is 19.7. The first-order valence-electron chi connectivity index (χ1n) is 13.1. The molecule has 3 amide bonds. The number of aromatic amines is 1. The van der Waals surface area contributed by atoms with E-state index in [1.54, 1.807) is 24.4 Å². The molecule has 2 bridgehead atoms. The summed E-state index contributed by atoms with van der Waals surface area (Å²) in [7, 11) is 1.25. The molecule has 1 fully saturated rings. The second-order valence-corrected chi connectivity index (χ2v) is 10.4. The number of anilines is 2. The minimum absolute atomic E-state index is 0.140. The topological polar surface area (TPSA) is 126 Å². The number of carbonyl (C=O) groups excluding carboxylic acids is 3. The predicted molar refractivity (Wildman–Crippen MR) is 146 cm³/mol. The van der Waals surface area contributed by atoms with E-state index in [1.165, 1.54) is 12.0 Å². The third kappa shape index (κ3) is 5.83. The Morgan fingerprint density at radius 1 is 1.20 bits per heavy atom. The lowest BCUT2D eigenvalue weighted by Crippen LogP contribution is -2.42. The smallest absolute Gasteiger partial charge is 0.411 e. The zero-order chi connectivity index (χ0) is 29.3. The lowest BCUT2D eigenvalue weighted by molar-refractivity contribution is -0.119. The van der Waals surface area contributed by atoms with E-state index < -0.39 is 36.0 Å². The van der Waals surface area contributed by atoms with E-state index >= 15 is 0 Å². The summed E-state index contributed by atoms with van der Waals surface area (Å²) in [5.41, 5.74) is 1.69. The van der Waals surface area contributed by atoms with Crippen LogP contribution in [-0.4, -0.2) is 46.6 Å². The highest BCUT2D eigenvalue weighted by atomic mass is 35.5. The van der Waals surface area contributed by atoms with Crippen LogP contribution in [0.25, 0.3) is 11.3 Å². The minimum Gasteiger partial charge on any atom is -0.453 e. The van der Waals surface area contributed by atoms with Crippen LogP contribution >= 0.6 is 11.6 Å². The monoisotopic (exact) mass is 587 g/mol. The summed E-state index contributed by atoms with van der Waals surface area (Å²) in [5.74, 6) is -1.85. The van der Waals surface area contributed by atoms with Crippen LogP contribution in [0.4, 0.5) is 29.7 Å². The van der Waals surface area contributed by atoms with Gasteiger partial charge in [0.05, 0.1) is 41.3 Å². The molecule has 10 nitrogen and oxygen atoms in total. The van der Waals surface area contributed by atoms with Crippen molar-refractivity contribution in [2.75, 3.05) is 24.3 Å². The number of amides is 3. The number of imidazole rings is 1. The van der Waals surface area contributed by atoms with Crippen molar-refractivity contribution in [1.29, 1.82) is 0 Å². The average molecular weight is 588 g/mol. The number of halogens is 3. The molecule has 41 heavy (non-hydrogen) atoms. The molecular weight excluding hydrogens is 560 g/mol. The van der Waals surface area contributed by atoms with Crippen LogP contribution in [0, 0.1) is 17.6 Å². The molecule has 3 heterocycles. The van der Waals surface area contributed by atoms with Crippen LogP contribution in [0.3, 0.4) is 0 Å². The van der Waals surface area contributed by atoms with Crippen molar-refractivity contribution in [1.82, 2.24) is 14.9 Å². The fourth-order valence-electron chi connectivity index (χ4n) is 5.14. The van der Waals surface area contributed by atoms with Gasteiger partial charge in [-0.05, 0) is 43.2 Å². The molecule has 2 aliphatic rings. The van der Waals surface area contributed by atoms with Crippen LogP contribution in [-0.2, 0) is 14.3 Å². The Hall–Kier alpha value is -4.19. The normalized spacial score (nSPS) is 21.1. The summed E-state index contributed by atoms with van der Waals surface area (Å²) in [4.78, 5) is 47.2. The van der Waals surface area contributed by atoms with E-state index in [2.05, 4.69) is 25.3 Å². The Balaban J connectivity index is 1.45. The largest absolute Gasteiger partial charge is 0.453 e. The molecule has 1 saturated heterocycles. The molecule has 0 saturated carbocycles. The van der Waals surface area contributed by atoms with E-state index in [0.717, 1.165) is 12.1 Å². The number of nitrogens with zero attached hydrogens (tertiary/aromatic N) is 2. The van der Waals surface area contributed by atoms with Gasteiger partial charge >= 0.3 is 12.2 Å². The Morgan fingerprint density at radius 2 is 2.00 bits per heavy atom. The Bertz CT molecular complexity index is 1500. The van der Waals surface area contributed by atoms with Gasteiger partial charge in [0.15, 0.2) is 5.82 Å². The van der Waals surface area contributed by atoms with Gasteiger partial charge in [-0.1, -0.05) is 24.9 Å². The summed E-state index contributed by atoms with van der Waals surface area (Å²) in [6.07, 6.45) is 0.796. The van der Waals surface area contributed by atoms with E-state index in [4.69, 9.17) is 16.3 Å². The Morgan fingerprint density at radius 3 is 2.76 bits per heavy atom. The molecule has 3 N–H and O–H groups in total. The number of nitrogens with one attached hydrogen (secondary N) is 3. The van der Waals surface area contributed by atoms with Crippen molar-refractivity contribution in [2.24, 2.45) is 5.92 Å².